The molecule has 4 nitrogen and oxygen atoms in total. The Morgan fingerprint density at radius 2 is 1.25 bits per heavy atom. The largest absolute Gasteiger partial charge is 2.00 e. The number of hydrogen-bond acceptors (Lipinski definition) is 4. The van der Waals surface area contributed by atoms with Crippen LogP contribution < -0.4 is 10.2 Å². The molecule has 20 heavy (non-hydrogen) atoms. The predicted octanol–water partition coefficient (Wildman–Crippen LogP) is 1.20. The van der Waals surface area contributed by atoms with Crippen molar-refractivity contribution in [3.8, 4) is 0 Å². The van der Waals surface area contributed by atoms with Gasteiger partial charge in [0.1, 0.15) is 0 Å². The minimum Gasteiger partial charge on any atom is -0.550 e. The Labute approximate surface area is 138 Å². The van der Waals surface area contributed by atoms with Crippen LogP contribution >= 0.6 is 0 Å². The first-order chi connectivity index (χ1) is 8.91. The number of aliphatic carboxylic acids is 2. The van der Waals surface area contributed by atoms with E-state index in [1.54, 1.807) is 0 Å². The molecule has 112 valence electrons. The first-order valence-electron chi connectivity index (χ1n) is 6.98. The first-order valence-corrected chi connectivity index (χ1v) is 6.98. The average Bonchev–Trinajstić information content (AvgIpc) is 2.33. The Balaban J connectivity index is -0.000000352. The molecule has 0 aliphatic heterocycles. The molecule has 0 aliphatic rings. The molecule has 5 heteroatoms. The molecule has 0 spiro atoms. The van der Waals surface area contributed by atoms with Crippen LogP contribution in [0.5, 0.6) is 0 Å². The van der Waals surface area contributed by atoms with Gasteiger partial charge in [0.2, 0.25) is 0 Å². The van der Waals surface area contributed by atoms with Gasteiger partial charge in [-0.15, -0.1) is 0 Å². The van der Waals surface area contributed by atoms with Crippen molar-refractivity contribution in [2.75, 3.05) is 0 Å². The van der Waals surface area contributed by atoms with Gasteiger partial charge in [-0.05, 0) is 25.3 Å². The molecule has 0 aromatic heterocycles. The Morgan fingerprint density at radius 3 is 1.55 bits per heavy atom. The number of carboxylic acid groups (broad SMARTS) is 2. The maximum atomic E-state index is 10.1. The molecule has 0 heterocycles. The van der Waals surface area contributed by atoms with Gasteiger partial charge in [-0.25, -0.2) is 0 Å². The third-order valence-corrected chi connectivity index (χ3v) is 2.58. The van der Waals surface area contributed by atoms with Crippen molar-refractivity contribution < 1.29 is 19.8 Å². The number of carboxylic acids is 2. The van der Waals surface area contributed by atoms with E-state index in [0.717, 1.165) is 12.8 Å². The molecule has 0 fully saturated rings. The number of carbonyl (C=O) groups is 2. The summed E-state index contributed by atoms with van der Waals surface area (Å²) < 4.78 is 0. The molecule has 0 saturated heterocycles. The number of carbonyl (C=O) groups excluding carboxylic acids is 2. The zero-order valence-corrected chi connectivity index (χ0v) is 14.3. The summed E-state index contributed by atoms with van der Waals surface area (Å²) in [7, 11) is 0. The maximum Gasteiger partial charge on any atom is 2.00 e. The third-order valence-electron chi connectivity index (χ3n) is 2.58. The van der Waals surface area contributed by atoms with Gasteiger partial charge in [0.05, 0.1) is 5.97 Å². The molecule has 0 rings (SSSR count). The molecule has 0 aliphatic carbocycles. The molecule has 0 saturated carbocycles. The van der Waals surface area contributed by atoms with Gasteiger partial charge in [-0.1, -0.05) is 58.4 Å². The van der Waals surface area contributed by atoms with E-state index in [0.29, 0.717) is 0 Å². The summed E-state index contributed by atoms with van der Waals surface area (Å²) in [5, 5.41) is 19.6. The van der Waals surface area contributed by atoms with Gasteiger partial charge in [-0.3, -0.25) is 0 Å². The summed E-state index contributed by atoms with van der Waals surface area (Å²) in [5.74, 6) is -2.10. The zero-order valence-electron chi connectivity index (χ0n) is 12.9. The molecule has 0 radical (unpaired) electrons. The van der Waals surface area contributed by atoms with Crippen molar-refractivity contribution in [2.24, 2.45) is 0 Å². The second kappa shape index (κ2) is 18.4. The Hall–Kier alpha value is -0.554. The van der Waals surface area contributed by atoms with Crippen LogP contribution in [0, 0.1) is 0 Å². The molecule has 0 aromatic carbocycles. The second-order valence-electron chi connectivity index (χ2n) is 4.66. The van der Waals surface area contributed by atoms with Crippen molar-refractivity contribution in [1.82, 2.24) is 0 Å². The van der Waals surface area contributed by atoms with E-state index in [-0.39, 0.29) is 35.0 Å². The van der Waals surface area contributed by atoms with Crippen LogP contribution in [0.4, 0.5) is 0 Å². The van der Waals surface area contributed by atoms with Crippen LogP contribution in [0.25, 0.3) is 0 Å². The minimum atomic E-state index is -1.19. The summed E-state index contributed by atoms with van der Waals surface area (Å²) in [6.45, 7) is 6.69. The van der Waals surface area contributed by atoms with E-state index in [9.17, 15) is 19.8 Å². The van der Waals surface area contributed by atoms with Crippen LogP contribution in [0.1, 0.15) is 71.6 Å². The van der Waals surface area contributed by atoms with Gasteiger partial charge in [0.15, 0.2) is 0 Å². The van der Waals surface area contributed by atoms with Crippen molar-refractivity contribution >= 4 is 35.0 Å². The van der Waals surface area contributed by atoms with Crippen molar-refractivity contribution in [3.63, 3.8) is 0 Å². The molecule has 0 N–H and O–H groups in total. The number of unbranched alkanes of at least 4 members (excludes halogenated alkanes) is 7. The van der Waals surface area contributed by atoms with Gasteiger partial charge < -0.3 is 19.8 Å². The van der Waals surface area contributed by atoms with E-state index in [1.165, 1.54) is 45.4 Å². The fourth-order valence-electron chi connectivity index (χ4n) is 1.40. The van der Waals surface area contributed by atoms with Crippen LogP contribution in [-0.4, -0.2) is 35.0 Å². The van der Waals surface area contributed by atoms with Crippen LogP contribution in [0.2, 0.25) is 0 Å². The van der Waals surface area contributed by atoms with Crippen molar-refractivity contribution in [2.45, 2.75) is 71.6 Å². The average molecular weight is 295 g/mol. The SMILES string of the molecule is C=C(C)C(=O)[O-].CCCCCCCCCCC(=O)[O-].[Mg+2]. The van der Waals surface area contributed by atoms with Crippen molar-refractivity contribution in [1.29, 1.82) is 0 Å². The van der Waals surface area contributed by atoms with Crippen molar-refractivity contribution in [3.05, 3.63) is 12.2 Å². The molecule has 0 atom stereocenters. The standard InChI is InChI=1S/C11H22O2.C4H6O2.Mg/c1-2-3-4-5-6-7-8-9-10-11(12)13;1-3(2)4(5)6;/h2-10H2,1H3,(H,12,13);1H2,2H3,(H,5,6);/q;;+2/p-2. The summed E-state index contributed by atoms with van der Waals surface area (Å²) in [6.07, 6.45) is 9.75. The summed E-state index contributed by atoms with van der Waals surface area (Å²) >= 11 is 0. The maximum absolute atomic E-state index is 10.1. The molecular weight excluding hydrogens is 268 g/mol. The molecule has 0 aromatic rings. The molecule has 0 bridgehead atoms. The topological polar surface area (TPSA) is 80.3 Å². The zero-order chi connectivity index (χ0) is 15.1. The minimum absolute atomic E-state index is 0. The van der Waals surface area contributed by atoms with Crippen LogP contribution in [0.15, 0.2) is 12.2 Å². The van der Waals surface area contributed by atoms with E-state index in [2.05, 4.69) is 13.5 Å². The normalized spacial score (nSPS) is 8.90. The van der Waals surface area contributed by atoms with Gasteiger partial charge >= 0.3 is 23.1 Å². The Kier molecular flexibility index (Phi) is 22.6. The summed E-state index contributed by atoms with van der Waals surface area (Å²) in [5.41, 5.74) is 0.0648. The van der Waals surface area contributed by atoms with Gasteiger partial charge in [-0.2, -0.15) is 0 Å². The molecule has 0 amide bonds. The fraction of sp³-hybridized carbons (Fsp3) is 0.733. The van der Waals surface area contributed by atoms with Gasteiger partial charge in [0.25, 0.3) is 0 Å². The number of hydrogen-bond donors (Lipinski definition) is 0. The Morgan fingerprint density at radius 1 is 0.900 bits per heavy atom. The smallest absolute Gasteiger partial charge is 0.550 e. The van der Waals surface area contributed by atoms with Gasteiger partial charge in [0, 0.05) is 5.97 Å². The van der Waals surface area contributed by atoms with E-state index < -0.39 is 11.9 Å². The van der Waals surface area contributed by atoms with E-state index >= 15 is 0 Å². The second-order valence-corrected chi connectivity index (χ2v) is 4.66. The Bertz CT molecular complexity index is 253. The summed E-state index contributed by atoms with van der Waals surface area (Å²) in [6, 6.07) is 0. The predicted molar refractivity (Wildman–Crippen MR) is 77.8 cm³/mol. The molecular formula is C15H26MgO4. The first kappa shape index (κ1) is 24.5. The van der Waals surface area contributed by atoms with E-state index in [1.807, 2.05) is 0 Å². The summed E-state index contributed by atoms with van der Waals surface area (Å²) in [4.78, 5) is 19.6. The quantitative estimate of drug-likeness (QED) is 0.344. The van der Waals surface area contributed by atoms with Crippen LogP contribution in [0.3, 0.4) is 0 Å². The number of rotatable bonds is 10. The van der Waals surface area contributed by atoms with E-state index in [4.69, 9.17) is 0 Å². The fourth-order valence-corrected chi connectivity index (χ4v) is 1.40. The third kappa shape index (κ3) is 26.1. The monoisotopic (exact) mass is 294 g/mol. The molecule has 0 unspecified atom stereocenters. The van der Waals surface area contributed by atoms with Crippen LogP contribution in [-0.2, 0) is 9.59 Å².